The molecule has 0 spiro atoms. The standard InChI is InChI=1S/C14H22N4O/c1-16-9-11(15)8-13(16)14(19)18-7-4-12(10-18)17-5-2-3-6-17/h8-9,12H,2-7,10,15H2,1H3. The molecule has 1 atom stereocenters. The fourth-order valence-corrected chi connectivity index (χ4v) is 3.30. The van der Waals surface area contributed by atoms with Crippen LogP contribution in [0.25, 0.3) is 0 Å². The van der Waals surface area contributed by atoms with Crippen molar-refractivity contribution in [2.75, 3.05) is 31.9 Å². The second kappa shape index (κ2) is 4.89. The van der Waals surface area contributed by atoms with E-state index >= 15 is 0 Å². The summed E-state index contributed by atoms with van der Waals surface area (Å²) in [5.41, 5.74) is 7.09. The maximum atomic E-state index is 12.5. The highest BCUT2D eigenvalue weighted by atomic mass is 16.2. The first-order chi connectivity index (χ1) is 9.15. The van der Waals surface area contributed by atoms with Gasteiger partial charge in [-0.3, -0.25) is 9.69 Å². The van der Waals surface area contributed by atoms with Crippen LogP contribution in [0.5, 0.6) is 0 Å². The van der Waals surface area contributed by atoms with Gasteiger partial charge in [-0.05, 0) is 38.4 Å². The van der Waals surface area contributed by atoms with Crippen molar-refractivity contribution in [1.82, 2.24) is 14.4 Å². The van der Waals surface area contributed by atoms with E-state index in [2.05, 4.69) is 4.90 Å². The van der Waals surface area contributed by atoms with Gasteiger partial charge in [-0.1, -0.05) is 0 Å². The van der Waals surface area contributed by atoms with Crippen LogP contribution in [0, 0.1) is 0 Å². The first-order valence-electron chi connectivity index (χ1n) is 7.10. The Morgan fingerprint density at radius 3 is 2.68 bits per heavy atom. The second-order valence-corrected chi connectivity index (χ2v) is 5.71. The molecule has 3 heterocycles. The molecule has 0 radical (unpaired) electrons. The van der Waals surface area contributed by atoms with Crippen LogP contribution >= 0.6 is 0 Å². The molecule has 0 saturated carbocycles. The summed E-state index contributed by atoms with van der Waals surface area (Å²) in [4.78, 5) is 17.0. The lowest BCUT2D eigenvalue weighted by Gasteiger charge is -2.23. The molecule has 2 N–H and O–H groups in total. The van der Waals surface area contributed by atoms with Crippen LogP contribution in [0.15, 0.2) is 12.3 Å². The Morgan fingerprint density at radius 1 is 1.32 bits per heavy atom. The maximum Gasteiger partial charge on any atom is 0.270 e. The number of rotatable bonds is 2. The van der Waals surface area contributed by atoms with Crippen molar-refractivity contribution in [2.45, 2.75) is 25.3 Å². The number of carbonyl (C=O) groups is 1. The van der Waals surface area contributed by atoms with Crippen molar-refractivity contribution < 1.29 is 4.79 Å². The van der Waals surface area contributed by atoms with Crippen LogP contribution in [0.2, 0.25) is 0 Å². The molecule has 5 nitrogen and oxygen atoms in total. The summed E-state index contributed by atoms with van der Waals surface area (Å²) >= 11 is 0. The highest BCUT2D eigenvalue weighted by Crippen LogP contribution is 2.22. The van der Waals surface area contributed by atoms with E-state index in [0.717, 1.165) is 19.5 Å². The zero-order valence-electron chi connectivity index (χ0n) is 11.5. The number of aryl methyl sites for hydroxylation is 1. The molecule has 3 rings (SSSR count). The molecule has 104 valence electrons. The lowest BCUT2D eigenvalue weighted by molar-refractivity contribution is 0.0770. The van der Waals surface area contributed by atoms with Gasteiger partial charge in [0.25, 0.3) is 5.91 Å². The summed E-state index contributed by atoms with van der Waals surface area (Å²) in [6.07, 6.45) is 5.50. The second-order valence-electron chi connectivity index (χ2n) is 5.71. The van der Waals surface area contributed by atoms with E-state index in [9.17, 15) is 4.79 Å². The fraction of sp³-hybridized carbons (Fsp3) is 0.643. The predicted octanol–water partition coefficient (Wildman–Crippen LogP) is 0.918. The zero-order chi connectivity index (χ0) is 13.4. The van der Waals surface area contributed by atoms with Crippen molar-refractivity contribution >= 4 is 11.6 Å². The van der Waals surface area contributed by atoms with Crippen molar-refractivity contribution in [3.63, 3.8) is 0 Å². The zero-order valence-corrected chi connectivity index (χ0v) is 11.5. The van der Waals surface area contributed by atoms with Crippen LogP contribution < -0.4 is 5.73 Å². The molecule has 19 heavy (non-hydrogen) atoms. The molecule has 0 bridgehead atoms. The molecule has 1 aromatic heterocycles. The Morgan fingerprint density at radius 2 is 2.05 bits per heavy atom. The molecule has 0 aromatic carbocycles. The molecule has 1 aromatic rings. The first kappa shape index (κ1) is 12.5. The summed E-state index contributed by atoms with van der Waals surface area (Å²) in [6.45, 7) is 4.13. The van der Waals surface area contributed by atoms with Crippen LogP contribution in [0.3, 0.4) is 0 Å². The summed E-state index contributed by atoms with van der Waals surface area (Å²) in [6, 6.07) is 2.33. The third-order valence-corrected chi connectivity index (χ3v) is 4.35. The number of nitrogens with two attached hydrogens (primary N) is 1. The van der Waals surface area contributed by atoms with Crippen molar-refractivity contribution in [3.05, 3.63) is 18.0 Å². The predicted molar refractivity (Wildman–Crippen MR) is 74.9 cm³/mol. The van der Waals surface area contributed by atoms with Gasteiger partial charge < -0.3 is 15.2 Å². The van der Waals surface area contributed by atoms with Gasteiger partial charge in [0.2, 0.25) is 0 Å². The van der Waals surface area contributed by atoms with E-state index in [1.165, 1.54) is 25.9 Å². The number of hydrogen-bond donors (Lipinski definition) is 1. The molecule has 0 aliphatic carbocycles. The number of nitrogens with zero attached hydrogens (tertiary/aromatic N) is 3. The lowest BCUT2D eigenvalue weighted by Crippen LogP contribution is -2.37. The number of anilines is 1. The number of likely N-dealkylation sites (tertiary alicyclic amines) is 2. The molecule has 1 unspecified atom stereocenters. The van der Waals surface area contributed by atoms with Gasteiger partial charge >= 0.3 is 0 Å². The summed E-state index contributed by atoms with van der Waals surface area (Å²) in [5.74, 6) is 0.112. The van der Waals surface area contributed by atoms with Crippen molar-refractivity contribution in [2.24, 2.45) is 7.05 Å². The Kier molecular flexibility index (Phi) is 3.22. The first-order valence-corrected chi connectivity index (χ1v) is 7.10. The summed E-state index contributed by atoms with van der Waals surface area (Å²) in [5, 5.41) is 0. The van der Waals surface area contributed by atoms with E-state index < -0.39 is 0 Å². The Hall–Kier alpha value is -1.49. The Labute approximate surface area is 114 Å². The summed E-state index contributed by atoms with van der Waals surface area (Å²) in [7, 11) is 1.87. The highest BCUT2D eigenvalue weighted by Gasteiger charge is 2.32. The van der Waals surface area contributed by atoms with E-state index in [4.69, 9.17) is 5.73 Å². The van der Waals surface area contributed by atoms with E-state index in [0.29, 0.717) is 17.4 Å². The van der Waals surface area contributed by atoms with Gasteiger partial charge in [0.05, 0.1) is 5.69 Å². The fourth-order valence-electron chi connectivity index (χ4n) is 3.30. The Balaban J connectivity index is 1.67. The largest absolute Gasteiger partial charge is 0.397 e. The molecule has 2 saturated heterocycles. The van der Waals surface area contributed by atoms with Gasteiger partial charge in [-0.15, -0.1) is 0 Å². The Bertz CT molecular complexity index is 476. The van der Waals surface area contributed by atoms with Crippen molar-refractivity contribution in [1.29, 1.82) is 0 Å². The lowest BCUT2D eigenvalue weighted by atomic mass is 10.2. The number of nitrogen functional groups attached to an aromatic ring is 1. The molecule has 2 aliphatic rings. The van der Waals surface area contributed by atoms with Gasteiger partial charge in [-0.25, -0.2) is 0 Å². The van der Waals surface area contributed by atoms with Crippen molar-refractivity contribution in [3.8, 4) is 0 Å². The summed E-state index contributed by atoms with van der Waals surface area (Å²) < 4.78 is 1.82. The third-order valence-electron chi connectivity index (χ3n) is 4.35. The van der Waals surface area contributed by atoms with Gasteiger partial charge in [-0.2, -0.15) is 0 Å². The van der Waals surface area contributed by atoms with Crippen LogP contribution in [0.1, 0.15) is 29.8 Å². The smallest absolute Gasteiger partial charge is 0.270 e. The molecule has 2 aliphatic heterocycles. The monoisotopic (exact) mass is 262 g/mol. The van der Waals surface area contributed by atoms with E-state index in [-0.39, 0.29) is 5.91 Å². The number of carbonyl (C=O) groups excluding carboxylic acids is 1. The van der Waals surface area contributed by atoms with Gasteiger partial charge in [0.1, 0.15) is 5.69 Å². The van der Waals surface area contributed by atoms with E-state index in [1.807, 2.05) is 16.5 Å². The number of hydrogen-bond acceptors (Lipinski definition) is 3. The highest BCUT2D eigenvalue weighted by molar-refractivity contribution is 5.94. The van der Waals surface area contributed by atoms with Gasteiger partial charge in [0.15, 0.2) is 0 Å². The average Bonchev–Trinajstić information content (AvgIpc) is 3.06. The molecule has 1 amide bonds. The van der Waals surface area contributed by atoms with Crippen LogP contribution in [0.4, 0.5) is 5.69 Å². The molecular formula is C14H22N4O. The maximum absolute atomic E-state index is 12.5. The molecule has 5 heteroatoms. The molecule has 2 fully saturated rings. The van der Waals surface area contributed by atoms with Gasteiger partial charge in [0, 0.05) is 32.4 Å². The molecular weight excluding hydrogens is 240 g/mol. The SMILES string of the molecule is Cn1cc(N)cc1C(=O)N1CCC(N2CCCC2)C1. The minimum atomic E-state index is 0.112. The number of aromatic nitrogens is 1. The van der Waals surface area contributed by atoms with E-state index in [1.54, 1.807) is 12.3 Å². The minimum Gasteiger partial charge on any atom is -0.397 e. The normalized spacial score (nSPS) is 24.3. The minimum absolute atomic E-state index is 0.112. The number of amides is 1. The quantitative estimate of drug-likeness (QED) is 0.862. The third kappa shape index (κ3) is 2.34. The van der Waals surface area contributed by atoms with Crippen LogP contribution in [-0.2, 0) is 7.05 Å². The van der Waals surface area contributed by atoms with Crippen LogP contribution in [-0.4, -0.2) is 52.5 Å². The average molecular weight is 262 g/mol. The topological polar surface area (TPSA) is 54.5 Å².